The Hall–Kier alpha value is -5.87. The van der Waals surface area contributed by atoms with E-state index in [1.165, 1.54) is 0 Å². The van der Waals surface area contributed by atoms with Gasteiger partial charge in [0.1, 0.15) is 11.4 Å². The Bertz CT molecular complexity index is 2540. The van der Waals surface area contributed by atoms with E-state index in [9.17, 15) is 9.59 Å². The highest BCUT2D eigenvalue weighted by Crippen LogP contribution is 2.52. The van der Waals surface area contributed by atoms with Crippen molar-refractivity contribution in [3.8, 4) is 17.0 Å². The molecule has 9 rings (SSSR count). The number of hydrogen-bond donors (Lipinski definition) is 1. The van der Waals surface area contributed by atoms with Crippen molar-refractivity contribution < 1.29 is 32.6 Å². The first-order valence-corrected chi connectivity index (χ1v) is 22.1. The molecule has 0 radical (unpaired) electrons. The molecule has 0 bridgehead atoms. The first-order chi connectivity index (χ1) is 30.6. The molecule has 3 fully saturated rings. The van der Waals surface area contributed by atoms with Crippen LogP contribution < -0.4 is 19.9 Å². The maximum absolute atomic E-state index is 15.7. The van der Waals surface area contributed by atoms with Crippen LogP contribution >= 0.6 is 0 Å². The Kier molecular flexibility index (Phi) is 11.3. The highest BCUT2D eigenvalue weighted by molar-refractivity contribution is 5.94. The minimum atomic E-state index is -3.03. The monoisotopic (exact) mass is 877 g/mol. The van der Waals surface area contributed by atoms with Gasteiger partial charge in [-0.25, -0.2) is 23.1 Å². The summed E-state index contributed by atoms with van der Waals surface area (Å²) in [6.45, 7) is 8.56. The second-order valence-electron chi connectivity index (χ2n) is 18.8. The number of pyridine rings is 1. The van der Waals surface area contributed by atoms with Crippen LogP contribution in [-0.2, 0) is 22.4 Å². The molecule has 3 atom stereocenters. The van der Waals surface area contributed by atoms with Gasteiger partial charge in [-0.1, -0.05) is 30.3 Å². The number of imidazole rings is 1. The summed E-state index contributed by atoms with van der Waals surface area (Å²) in [4.78, 5) is 43.5. The van der Waals surface area contributed by atoms with Crippen molar-refractivity contribution in [1.29, 1.82) is 0 Å². The Morgan fingerprint density at radius 2 is 1.77 bits per heavy atom. The van der Waals surface area contributed by atoms with Gasteiger partial charge in [0.2, 0.25) is 0 Å². The standard InChI is InChI=1S/C48H57F2N9O5/c1-30(57-27-47(28-57)20-22-56(29-48(47,49)50)45(61)64-46(2,3)4)32-13-16-36(51-24-32)34-9-8-10-38-35(34)19-21-58(38)42-23-39(55(5)26-31-11-14-33(62-6)15-12-31)43-52-25-40(59(43)54-42)44(60)53-37-17-18-41(37)63-7/h8-16,23-25,30,37,41H,17-22,26-29H2,1-7H3,(H,53,60)/t30-,37-,41-/m1/s1. The molecule has 1 aliphatic carbocycles. The van der Waals surface area contributed by atoms with Gasteiger partial charge in [-0.2, -0.15) is 0 Å². The third kappa shape index (κ3) is 7.99. The molecule has 3 aromatic heterocycles. The van der Waals surface area contributed by atoms with Crippen LogP contribution in [0, 0.1) is 5.41 Å². The summed E-state index contributed by atoms with van der Waals surface area (Å²) in [7, 11) is 5.32. The number of piperidine rings is 1. The number of nitrogens with one attached hydrogen (secondary N) is 1. The van der Waals surface area contributed by atoms with Crippen LogP contribution in [0.1, 0.15) is 80.2 Å². The zero-order valence-corrected chi connectivity index (χ0v) is 37.6. The molecule has 3 aliphatic heterocycles. The maximum Gasteiger partial charge on any atom is 0.410 e. The first kappa shape index (κ1) is 43.4. The Balaban J connectivity index is 0.943. The highest BCUT2D eigenvalue weighted by atomic mass is 19.3. The Morgan fingerprint density at radius 1 is 0.984 bits per heavy atom. The molecule has 1 saturated carbocycles. The molecule has 64 heavy (non-hydrogen) atoms. The van der Waals surface area contributed by atoms with Crippen LogP contribution in [0.15, 0.2) is 73.1 Å². The second kappa shape index (κ2) is 16.6. The Morgan fingerprint density at radius 3 is 2.42 bits per heavy atom. The van der Waals surface area contributed by atoms with Gasteiger partial charge in [0, 0.05) is 76.4 Å². The number of rotatable bonds is 11. The zero-order valence-electron chi connectivity index (χ0n) is 37.6. The number of anilines is 3. The number of amides is 2. The summed E-state index contributed by atoms with van der Waals surface area (Å²) in [5.41, 5.74) is 5.79. The lowest BCUT2D eigenvalue weighted by molar-refractivity contribution is -0.227. The molecule has 2 aromatic carbocycles. The Labute approximate surface area is 372 Å². The highest BCUT2D eigenvalue weighted by Gasteiger charge is 2.63. The molecule has 2 amide bonds. The zero-order chi connectivity index (χ0) is 45.1. The number of benzene rings is 2. The first-order valence-electron chi connectivity index (χ1n) is 22.1. The van der Waals surface area contributed by atoms with Crippen LogP contribution in [-0.4, -0.2) is 119 Å². The van der Waals surface area contributed by atoms with Gasteiger partial charge in [-0.05, 0) is 94.3 Å². The molecule has 16 heteroatoms. The average molecular weight is 878 g/mol. The van der Waals surface area contributed by atoms with Crippen molar-refractivity contribution in [3.63, 3.8) is 0 Å². The summed E-state index contributed by atoms with van der Waals surface area (Å²) in [6, 6.07) is 20.0. The van der Waals surface area contributed by atoms with E-state index >= 15 is 8.78 Å². The van der Waals surface area contributed by atoms with E-state index in [0.29, 0.717) is 30.2 Å². The number of nitrogens with zero attached hydrogens (tertiary/aromatic N) is 8. The third-order valence-electron chi connectivity index (χ3n) is 13.6. The topological polar surface area (TPSA) is 130 Å². The largest absolute Gasteiger partial charge is 0.497 e. The van der Waals surface area contributed by atoms with E-state index in [1.54, 1.807) is 45.7 Å². The van der Waals surface area contributed by atoms with E-state index in [2.05, 4.69) is 32.1 Å². The number of likely N-dealkylation sites (tertiary alicyclic amines) is 2. The second-order valence-corrected chi connectivity index (χ2v) is 18.8. The van der Waals surface area contributed by atoms with Crippen molar-refractivity contribution in [2.75, 3.05) is 63.8 Å². The van der Waals surface area contributed by atoms with Crippen LogP contribution in [0.3, 0.4) is 0 Å². The van der Waals surface area contributed by atoms with E-state index < -0.39 is 29.6 Å². The van der Waals surface area contributed by atoms with E-state index in [4.69, 9.17) is 29.3 Å². The summed E-state index contributed by atoms with van der Waals surface area (Å²) in [5.74, 6) is -1.83. The minimum Gasteiger partial charge on any atom is -0.497 e. The van der Waals surface area contributed by atoms with Crippen molar-refractivity contribution in [2.24, 2.45) is 5.41 Å². The number of carbonyl (C=O) groups excluding carboxylic acids is 2. The van der Waals surface area contributed by atoms with E-state index in [-0.39, 0.29) is 50.1 Å². The van der Waals surface area contributed by atoms with E-state index in [1.807, 2.05) is 68.7 Å². The molecule has 1 spiro atoms. The quantitative estimate of drug-likeness (QED) is 0.140. The fourth-order valence-electron chi connectivity index (χ4n) is 9.59. The van der Waals surface area contributed by atoms with Crippen LogP contribution in [0.2, 0.25) is 0 Å². The number of carbonyl (C=O) groups is 2. The number of alkyl halides is 2. The lowest BCUT2D eigenvalue weighted by Crippen LogP contribution is -2.70. The minimum absolute atomic E-state index is 0.0191. The van der Waals surface area contributed by atoms with Gasteiger partial charge >= 0.3 is 6.09 Å². The summed E-state index contributed by atoms with van der Waals surface area (Å²) in [6.07, 6.45) is 5.43. The van der Waals surface area contributed by atoms with Crippen molar-refractivity contribution in [2.45, 2.75) is 89.6 Å². The average Bonchev–Trinajstić information content (AvgIpc) is 3.88. The number of methoxy groups -OCH3 is 2. The van der Waals surface area contributed by atoms with Crippen LogP contribution in [0.25, 0.3) is 16.9 Å². The van der Waals surface area contributed by atoms with Gasteiger partial charge in [0.25, 0.3) is 11.8 Å². The van der Waals surface area contributed by atoms with Gasteiger partial charge in [-0.3, -0.25) is 14.7 Å². The summed E-state index contributed by atoms with van der Waals surface area (Å²) < 4.78 is 49.3. The maximum atomic E-state index is 15.7. The normalized spacial score (nSPS) is 20.6. The number of hydrogen-bond acceptors (Lipinski definition) is 11. The predicted molar refractivity (Wildman–Crippen MR) is 240 cm³/mol. The molecule has 0 unspecified atom stereocenters. The van der Waals surface area contributed by atoms with Crippen molar-refractivity contribution in [1.82, 2.24) is 34.7 Å². The molecule has 5 aromatic rings. The molecular weight excluding hydrogens is 821 g/mol. The van der Waals surface area contributed by atoms with Crippen molar-refractivity contribution in [3.05, 3.63) is 95.4 Å². The van der Waals surface area contributed by atoms with Gasteiger partial charge in [0.15, 0.2) is 17.2 Å². The molecule has 2 saturated heterocycles. The lowest BCUT2D eigenvalue weighted by atomic mass is 9.68. The predicted octanol–water partition coefficient (Wildman–Crippen LogP) is 7.68. The summed E-state index contributed by atoms with van der Waals surface area (Å²) >= 11 is 0. The van der Waals surface area contributed by atoms with Gasteiger partial charge in [-0.15, -0.1) is 5.10 Å². The fourth-order valence-corrected chi connectivity index (χ4v) is 9.59. The van der Waals surface area contributed by atoms with Crippen molar-refractivity contribution >= 4 is 34.8 Å². The number of aromatic nitrogens is 4. The third-order valence-corrected chi connectivity index (χ3v) is 13.6. The molecule has 6 heterocycles. The molecule has 14 nitrogen and oxygen atoms in total. The number of ether oxygens (including phenoxy) is 3. The molecule has 4 aliphatic rings. The summed E-state index contributed by atoms with van der Waals surface area (Å²) in [5, 5.41) is 8.22. The number of halogens is 2. The van der Waals surface area contributed by atoms with Crippen LogP contribution in [0.5, 0.6) is 5.75 Å². The molecule has 1 N–H and O–H groups in total. The van der Waals surface area contributed by atoms with E-state index in [0.717, 1.165) is 69.2 Å². The fraction of sp³-hybridized carbons (Fsp3) is 0.479. The number of fused-ring (bicyclic) bond motifs is 2. The van der Waals surface area contributed by atoms with Gasteiger partial charge in [0.05, 0.1) is 48.8 Å². The smallest absolute Gasteiger partial charge is 0.410 e. The molecular formula is C48H57F2N9O5. The molecule has 338 valence electrons. The van der Waals surface area contributed by atoms with Crippen LogP contribution in [0.4, 0.5) is 30.8 Å². The van der Waals surface area contributed by atoms with Gasteiger partial charge < -0.3 is 34.2 Å². The SMILES string of the molecule is COc1ccc(CN(C)c2cc(N3CCc4c(-c5ccc([C@@H](C)N6CC7(CCN(C(=O)OC(C)(C)C)CC7(F)F)C6)cn5)cccc43)nn3c(C(=O)N[C@@H]4CC[C@H]4OC)cnc23)cc1. The lowest BCUT2D eigenvalue weighted by Gasteiger charge is -2.58.